The lowest BCUT2D eigenvalue weighted by molar-refractivity contribution is -0.135. The van der Waals surface area contributed by atoms with Gasteiger partial charge in [0, 0.05) is 13.1 Å². The Labute approximate surface area is 140 Å². The van der Waals surface area contributed by atoms with E-state index in [2.05, 4.69) is 5.32 Å². The molecule has 6 nitrogen and oxygen atoms in total. The third kappa shape index (κ3) is 3.01. The molecule has 24 heavy (non-hydrogen) atoms. The van der Waals surface area contributed by atoms with Crippen molar-refractivity contribution in [2.75, 3.05) is 19.8 Å². The van der Waals surface area contributed by atoms with Crippen LogP contribution in [0.1, 0.15) is 26.3 Å². The molecule has 7 heteroatoms. The Morgan fingerprint density at radius 3 is 2.38 bits per heavy atom. The molecule has 0 aliphatic carbocycles. The van der Waals surface area contributed by atoms with Gasteiger partial charge in [-0.15, -0.1) is 0 Å². The minimum absolute atomic E-state index is 0.0537. The van der Waals surface area contributed by atoms with Gasteiger partial charge in [0.15, 0.2) is 0 Å². The number of nitrogens with zero attached hydrogens (tertiary/aromatic N) is 2. The number of halogens is 1. The van der Waals surface area contributed by atoms with Crippen molar-refractivity contribution in [2.45, 2.75) is 38.5 Å². The van der Waals surface area contributed by atoms with Crippen LogP contribution in [0.4, 0.5) is 9.18 Å². The molecule has 130 valence electrons. The molecule has 0 unspecified atom stereocenters. The minimum atomic E-state index is -1.17. The molecule has 3 rings (SSSR count). The zero-order chi connectivity index (χ0) is 17.5. The van der Waals surface area contributed by atoms with Crippen molar-refractivity contribution in [3.8, 4) is 0 Å². The number of imide groups is 1. The summed E-state index contributed by atoms with van der Waals surface area (Å²) >= 11 is 0. The van der Waals surface area contributed by atoms with Crippen LogP contribution in [-0.2, 0) is 15.1 Å². The summed E-state index contributed by atoms with van der Waals surface area (Å²) in [5.41, 5.74) is -0.609. The predicted octanol–water partition coefficient (Wildman–Crippen LogP) is 1.66. The van der Waals surface area contributed by atoms with Crippen molar-refractivity contribution >= 4 is 11.9 Å². The molecule has 0 saturated carbocycles. The van der Waals surface area contributed by atoms with Crippen molar-refractivity contribution in [2.24, 2.45) is 0 Å². The molecule has 0 radical (unpaired) electrons. The number of hydrogen-bond donors (Lipinski definition) is 1. The molecule has 3 atom stereocenters. The van der Waals surface area contributed by atoms with Crippen LogP contribution in [0.5, 0.6) is 0 Å². The molecule has 1 N–H and O–H groups in total. The van der Waals surface area contributed by atoms with Crippen LogP contribution in [-0.4, -0.2) is 53.7 Å². The first-order valence-corrected chi connectivity index (χ1v) is 8.07. The van der Waals surface area contributed by atoms with Gasteiger partial charge in [0.1, 0.15) is 11.4 Å². The molecule has 0 spiro atoms. The van der Waals surface area contributed by atoms with E-state index in [9.17, 15) is 14.0 Å². The largest absolute Gasteiger partial charge is 0.373 e. The molecule has 1 aromatic carbocycles. The SMILES string of the molecule is C[C@@H]1CN(CN2C(=O)N[C@@](C)(c3ccc(F)cc3)C2=O)C[C@@H](C)O1. The second-order valence-corrected chi connectivity index (χ2v) is 6.73. The van der Waals surface area contributed by atoms with Gasteiger partial charge >= 0.3 is 6.03 Å². The normalized spacial score (nSPS) is 31.4. The Morgan fingerprint density at radius 1 is 1.21 bits per heavy atom. The van der Waals surface area contributed by atoms with Gasteiger partial charge in [0.25, 0.3) is 5.91 Å². The summed E-state index contributed by atoms with van der Waals surface area (Å²) in [6.07, 6.45) is 0.107. The Hall–Kier alpha value is -1.99. The maximum Gasteiger partial charge on any atom is 0.326 e. The maximum absolute atomic E-state index is 13.1. The fourth-order valence-corrected chi connectivity index (χ4v) is 3.40. The number of urea groups is 1. The van der Waals surface area contributed by atoms with E-state index >= 15 is 0 Å². The molecule has 0 aromatic heterocycles. The van der Waals surface area contributed by atoms with Gasteiger partial charge in [-0.05, 0) is 38.5 Å². The molecule has 2 saturated heterocycles. The second kappa shape index (κ2) is 6.14. The Kier molecular flexibility index (Phi) is 4.31. The zero-order valence-corrected chi connectivity index (χ0v) is 14.1. The van der Waals surface area contributed by atoms with Gasteiger partial charge < -0.3 is 10.1 Å². The molecule has 0 bridgehead atoms. The second-order valence-electron chi connectivity index (χ2n) is 6.73. The highest BCUT2D eigenvalue weighted by Gasteiger charge is 2.49. The molecule has 2 aliphatic rings. The van der Waals surface area contributed by atoms with Crippen LogP contribution in [0.15, 0.2) is 24.3 Å². The van der Waals surface area contributed by atoms with E-state index in [0.29, 0.717) is 18.7 Å². The maximum atomic E-state index is 13.1. The van der Waals surface area contributed by atoms with E-state index in [1.807, 2.05) is 18.7 Å². The Bertz CT molecular complexity index is 641. The molecule has 2 heterocycles. The van der Waals surface area contributed by atoms with Gasteiger partial charge in [0.05, 0.1) is 18.9 Å². The molecule has 2 fully saturated rings. The first-order chi connectivity index (χ1) is 11.3. The van der Waals surface area contributed by atoms with E-state index in [4.69, 9.17) is 4.74 Å². The molecular weight excluding hydrogens is 313 g/mol. The summed E-state index contributed by atoms with van der Waals surface area (Å²) < 4.78 is 18.8. The molecule has 3 amide bonds. The zero-order valence-electron chi connectivity index (χ0n) is 14.1. The van der Waals surface area contributed by atoms with Crippen molar-refractivity contribution < 1.29 is 18.7 Å². The minimum Gasteiger partial charge on any atom is -0.373 e. The average Bonchev–Trinajstić information content (AvgIpc) is 2.71. The van der Waals surface area contributed by atoms with Gasteiger partial charge in [-0.2, -0.15) is 0 Å². The summed E-state index contributed by atoms with van der Waals surface area (Å²) in [4.78, 5) is 28.4. The number of carbonyl (C=O) groups excluding carboxylic acids is 2. The third-order valence-corrected chi connectivity index (χ3v) is 4.53. The van der Waals surface area contributed by atoms with E-state index in [1.165, 1.54) is 29.2 Å². The fraction of sp³-hybridized carbons (Fsp3) is 0.529. The van der Waals surface area contributed by atoms with Crippen LogP contribution in [0.3, 0.4) is 0 Å². The molecular formula is C17H22FN3O3. The van der Waals surface area contributed by atoms with E-state index in [1.54, 1.807) is 6.92 Å². The smallest absolute Gasteiger partial charge is 0.326 e. The topological polar surface area (TPSA) is 61.9 Å². The number of carbonyl (C=O) groups is 2. The highest BCUT2D eigenvalue weighted by atomic mass is 19.1. The van der Waals surface area contributed by atoms with Crippen molar-refractivity contribution in [3.05, 3.63) is 35.6 Å². The van der Waals surface area contributed by atoms with Crippen molar-refractivity contribution in [1.29, 1.82) is 0 Å². The first-order valence-electron chi connectivity index (χ1n) is 8.07. The fourth-order valence-electron chi connectivity index (χ4n) is 3.40. The molecule has 2 aliphatic heterocycles. The number of rotatable bonds is 3. The van der Waals surface area contributed by atoms with Crippen LogP contribution in [0.25, 0.3) is 0 Å². The highest BCUT2D eigenvalue weighted by Crippen LogP contribution is 2.29. The number of nitrogens with one attached hydrogen (secondary N) is 1. The number of amides is 3. The third-order valence-electron chi connectivity index (χ3n) is 4.53. The van der Waals surface area contributed by atoms with Crippen molar-refractivity contribution in [3.63, 3.8) is 0 Å². The number of benzene rings is 1. The van der Waals surface area contributed by atoms with Crippen molar-refractivity contribution in [1.82, 2.24) is 15.1 Å². The van der Waals surface area contributed by atoms with Crippen LogP contribution >= 0.6 is 0 Å². The quantitative estimate of drug-likeness (QED) is 0.854. The lowest BCUT2D eigenvalue weighted by atomic mass is 9.92. The lowest BCUT2D eigenvalue weighted by Gasteiger charge is -2.36. The number of hydrogen-bond acceptors (Lipinski definition) is 4. The van der Waals surface area contributed by atoms with Gasteiger partial charge in [0.2, 0.25) is 0 Å². The van der Waals surface area contributed by atoms with Gasteiger partial charge in [-0.3, -0.25) is 9.69 Å². The van der Waals surface area contributed by atoms with E-state index in [-0.39, 0.29) is 30.6 Å². The Morgan fingerprint density at radius 2 is 1.79 bits per heavy atom. The lowest BCUT2D eigenvalue weighted by Crippen LogP contribution is -2.51. The first kappa shape index (κ1) is 16.9. The summed E-state index contributed by atoms with van der Waals surface area (Å²) in [7, 11) is 0. The van der Waals surface area contributed by atoms with E-state index < -0.39 is 11.6 Å². The van der Waals surface area contributed by atoms with Crippen LogP contribution in [0, 0.1) is 5.82 Å². The monoisotopic (exact) mass is 335 g/mol. The number of ether oxygens (including phenoxy) is 1. The van der Waals surface area contributed by atoms with Gasteiger partial charge in [-0.1, -0.05) is 12.1 Å². The highest BCUT2D eigenvalue weighted by molar-refractivity contribution is 6.07. The summed E-state index contributed by atoms with van der Waals surface area (Å²) in [6.45, 7) is 7.13. The summed E-state index contributed by atoms with van der Waals surface area (Å²) in [5, 5.41) is 2.73. The summed E-state index contributed by atoms with van der Waals surface area (Å²) in [6, 6.07) is 5.19. The standard InChI is InChI=1S/C17H22FN3O3/c1-11-8-20(9-12(2)24-11)10-21-15(22)17(3,19-16(21)23)13-4-6-14(18)7-5-13/h4-7,11-12H,8-10H2,1-3H3,(H,19,23)/t11-,12-,17+/m1/s1. The summed E-state index contributed by atoms with van der Waals surface area (Å²) in [5.74, 6) is -0.710. The van der Waals surface area contributed by atoms with Crippen LogP contribution in [0.2, 0.25) is 0 Å². The predicted molar refractivity (Wildman–Crippen MR) is 85.6 cm³/mol. The average molecular weight is 335 g/mol. The van der Waals surface area contributed by atoms with E-state index in [0.717, 1.165) is 0 Å². The molecule has 1 aromatic rings. The Balaban J connectivity index is 1.77. The number of morpholine rings is 1. The van der Waals surface area contributed by atoms with Crippen LogP contribution < -0.4 is 5.32 Å². The van der Waals surface area contributed by atoms with Gasteiger partial charge in [-0.25, -0.2) is 14.1 Å².